The maximum absolute atomic E-state index is 12.6. The van der Waals surface area contributed by atoms with Crippen LogP contribution in [0, 0.1) is 10.1 Å². The lowest BCUT2D eigenvalue weighted by molar-refractivity contribution is -0.383. The monoisotopic (exact) mass is 317 g/mol. The predicted octanol–water partition coefficient (Wildman–Crippen LogP) is 3.07. The lowest BCUT2D eigenvalue weighted by atomic mass is 10.1. The molecule has 0 aliphatic carbocycles. The number of carbonyl (C=O) groups is 1. The molecule has 0 saturated carbocycles. The Morgan fingerprint density at radius 2 is 2.23 bits per heavy atom. The molecule has 7 heteroatoms. The normalized spacial score (nSPS) is 10.2. The first-order valence-corrected chi connectivity index (χ1v) is 7.37. The third kappa shape index (κ3) is 3.50. The number of anilines is 1. The van der Waals surface area contributed by atoms with Gasteiger partial charge in [-0.15, -0.1) is 17.9 Å². The average Bonchev–Trinajstić information content (AvgIpc) is 2.99. The Morgan fingerprint density at radius 3 is 2.82 bits per heavy atom. The molecule has 0 aliphatic rings. The quantitative estimate of drug-likeness (QED) is 0.384. The fraction of sp³-hybridized carbons (Fsp3) is 0.133. The van der Waals surface area contributed by atoms with Crippen molar-refractivity contribution in [2.45, 2.75) is 6.54 Å². The molecule has 0 aliphatic heterocycles. The van der Waals surface area contributed by atoms with Gasteiger partial charge in [0.05, 0.1) is 11.5 Å². The Kier molecular flexibility index (Phi) is 4.90. The Hall–Kier alpha value is -2.67. The number of hydrogen-bond donors (Lipinski definition) is 1. The zero-order chi connectivity index (χ0) is 16.1. The van der Waals surface area contributed by atoms with E-state index in [9.17, 15) is 14.9 Å². The second kappa shape index (κ2) is 6.86. The molecule has 0 atom stereocenters. The van der Waals surface area contributed by atoms with Crippen LogP contribution < -0.4 is 5.73 Å². The van der Waals surface area contributed by atoms with Gasteiger partial charge in [0.1, 0.15) is 5.69 Å². The molecule has 0 saturated heterocycles. The van der Waals surface area contributed by atoms with E-state index < -0.39 is 4.92 Å². The standard InChI is InChI=1S/C15H15N3O3S/c1-2-7-17(10-12-4-3-8-22-12)15(19)11-5-6-13(16)14(9-11)18(20)21/h2-6,8-9H,1,7,10,16H2. The molecule has 6 nitrogen and oxygen atoms in total. The lowest BCUT2D eigenvalue weighted by Gasteiger charge is -2.20. The van der Waals surface area contributed by atoms with Gasteiger partial charge in [0.25, 0.3) is 11.6 Å². The topological polar surface area (TPSA) is 89.5 Å². The zero-order valence-electron chi connectivity index (χ0n) is 11.8. The number of nitro benzene ring substituents is 1. The van der Waals surface area contributed by atoms with Gasteiger partial charge in [-0.05, 0) is 23.6 Å². The molecule has 0 spiro atoms. The van der Waals surface area contributed by atoms with Crippen molar-refractivity contribution in [3.63, 3.8) is 0 Å². The minimum atomic E-state index is -0.594. The highest BCUT2D eigenvalue weighted by molar-refractivity contribution is 7.09. The molecular formula is C15H15N3O3S. The third-order valence-electron chi connectivity index (χ3n) is 3.04. The van der Waals surface area contributed by atoms with Crippen molar-refractivity contribution in [1.29, 1.82) is 0 Å². The van der Waals surface area contributed by atoms with Gasteiger partial charge in [0.15, 0.2) is 0 Å². The summed E-state index contributed by atoms with van der Waals surface area (Å²) in [6, 6.07) is 7.92. The molecule has 1 aromatic heterocycles. The van der Waals surface area contributed by atoms with E-state index in [2.05, 4.69) is 6.58 Å². The van der Waals surface area contributed by atoms with E-state index in [4.69, 9.17) is 5.73 Å². The lowest BCUT2D eigenvalue weighted by Crippen LogP contribution is -2.30. The number of nitrogens with zero attached hydrogens (tertiary/aromatic N) is 2. The summed E-state index contributed by atoms with van der Waals surface area (Å²) in [6.07, 6.45) is 1.62. The summed E-state index contributed by atoms with van der Waals surface area (Å²) in [4.78, 5) is 25.5. The number of nitro groups is 1. The molecule has 0 unspecified atom stereocenters. The van der Waals surface area contributed by atoms with E-state index in [0.29, 0.717) is 13.1 Å². The van der Waals surface area contributed by atoms with E-state index in [1.54, 1.807) is 22.3 Å². The molecule has 2 aromatic rings. The van der Waals surface area contributed by atoms with Gasteiger partial charge in [-0.2, -0.15) is 0 Å². The molecule has 0 radical (unpaired) electrons. The van der Waals surface area contributed by atoms with Crippen LogP contribution in [0.4, 0.5) is 11.4 Å². The summed E-state index contributed by atoms with van der Waals surface area (Å²) in [5, 5.41) is 12.9. The van der Waals surface area contributed by atoms with Crippen LogP contribution >= 0.6 is 11.3 Å². The van der Waals surface area contributed by atoms with Gasteiger partial charge in [0.2, 0.25) is 0 Å². The van der Waals surface area contributed by atoms with Gasteiger partial charge in [-0.25, -0.2) is 0 Å². The Morgan fingerprint density at radius 1 is 1.45 bits per heavy atom. The van der Waals surface area contributed by atoms with E-state index >= 15 is 0 Å². The number of hydrogen-bond acceptors (Lipinski definition) is 5. The van der Waals surface area contributed by atoms with Gasteiger partial charge >= 0.3 is 0 Å². The van der Waals surface area contributed by atoms with E-state index in [-0.39, 0.29) is 22.8 Å². The van der Waals surface area contributed by atoms with Crippen LogP contribution in [-0.2, 0) is 6.54 Å². The van der Waals surface area contributed by atoms with Crippen LogP contribution in [0.5, 0.6) is 0 Å². The first-order chi connectivity index (χ1) is 10.5. The van der Waals surface area contributed by atoms with Crippen molar-refractivity contribution >= 4 is 28.6 Å². The van der Waals surface area contributed by atoms with Crippen LogP contribution in [0.1, 0.15) is 15.2 Å². The van der Waals surface area contributed by atoms with Crippen molar-refractivity contribution in [3.8, 4) is 0 Å². The van der Waals surface area contributed by atoms with Crippen LogP contribution in [0.2, 0.25) is 0 Å². The fourth-order valence-corrected chi connectivity index (χ4v) is 2.70. The highest BCUT2D eigenvalue weighted by atomic mass is 32.1. The Bertz CT molecular complexity index is 698. The Balaban J connectivity index is 2.28. The fourth-order valence-electron chi connectivity index (χ4n) is 1.98. The highest BCUT2D eigenvalue weighted by Gasteiger charge is 2.20. The average molecular weight is 317 g/mol. The smallest absolute Gasteiger partial charge is 0.292 e. The molecule has 2 N–H and O–H groups in total. The van der Waals surface area contributed by atoms with Crippen LogP contribution in [0.15, 0.2) is 48.4 Å². The minimum Gasteiger partial charge on any atom is -0.393 e. The number of benzene rings is 1. The third-order valence-corrected chi connectivity index (χ3v) is 3.90. The molecule has 0 fully saturated rings. The number of thiophene rings is 1. The molecule has 1 amide bonds. The Labute approximate surface area is 131 Å². The number of rotatable bonds is 6. The molecule has 2 rings (SSSR count). The first-order valence-electron chi connectivity index (χ1n) is 6.49. The van der Waals surface area contributed by atoms with Gasteiger partial charge in [0, 0.05) is 23.1 Å². The number of nitrogen functional groups attached to an aromatic ring is 1. The molecule has 1 aromatic carbocycles. The predicted molar refractivity (Wildman–Crippen MR) is 86.8 cm³/mol. The SMILES string of the molecule is C=CCN(Cc1cccs1)C(=O)c1ccc(N)c([N+](=O)[O-])c1. The summed E-state index contributed by atoms with van der Waals surface area (Å²) in [5.74, 6) is -0.295. The van der Waals surface area contributed by atoms with Crippen molar-refractivity contribution in [3.05, 3.63) is 68.9 Å². The second-order valence-corrected chi connectivity index (χ2v) is 5.62. The van der Waals surface area contributed by atoms with Gasteiger partial charge in [-0.3, -0.25) is 14.9 Å². The second-order valence-electron chi connectivity index (χ2n) is 4.58. The van der Waals surface area contributed by atoms with E-state index in [0.717, 1.165) is 4.88 Å². The number of amides is 1. The van der Waals surface area contributed by atoms with Crippen molar-refractivity contribution < 1.29 is 9.72 Å². The minimum absolute atomic E-state index is 0.0371. The largest absolute Gasteiger partial charge is 0.393 e. The summed E-state index contributed by atoms with van der Waals surface area (Å²) >= 11 is 1.54. The van der Waals surface area contributed by atoms with Crippen LogP contribution in [-0.4, -0.2) is 22.3 Å². The number of nitrogens with two attached hydrogens (primary N) is 1. The van der Waals surface area contributed by atoms with Crippen LogP contribution in [0.3, 0.4) is 0 Å². The summed E-state index contributed by atoms with van der Waals surface area (Å²) in [5.41, 5.74) is 5.56. The molecule has 22 heavy (non-hydrogen) atoms. The van der Waals surface area contributed by atoms with Crippen molar-refractivity contribution in [2.75, 3.05) is 12.3 Å². The highest BCUT2D eigenvalue weighted by Crippen LogP contribution is 2.23. The van der Waals surface area contributed by atoms with E-state index in [1.165, 1.54) is 18.2 Å². The summed E-state index contributed by atoms with van der Waals surface area (Å²) in [7, 11) is 0. The van der Waals surface area contributed by atoms with Crippen molar-refractivity contribution in [1.82, 2.24) is 4.90 Å². The first kappa shape index (κ1) is 15.7. The van der Waals surface area contributed by atoms with E-state index in [1.807, 2.05) is 17.5 Å². The molecular weight excluding hydrogens is 302 g/mol. The maximum Gasteiger partial charge on any atom is 0.292 e. The summed E-state index contributed by atoms with van der Waals surface area (Å²) < 4.78 is 0. The molecule has 1 heterocycles. The van der Waals surface area contributed by atoms with Gasteiger partial charge < -0.3 is 10.6 Å². The number of carbonyl (C=O) groups excluding carboxylic acids is 1. The molecule has 114 valence electrons. The maximum atomic E-state index is 12.6. The molecule has 0 bridgehead atoms. The van der Waals surface area contributed by atoms with Crippen molar-refractivity contribution in [2.24, 2.45) is 0 Å². The zero-order valence-corrected chi connectivity index (χ0v) is 12.6. The van der Waals surface area contributed by atoms with Gasteiger partial charge in [-0.1, -0.05) is 12.1 Å². The summed E-state index contributed by atoms with van der Waals surface area (Å²) in [6.45, 7) is 4.43. The van der Waals surface area contributed by atoms with Crippen LogP contribution in [0.25, 0.3) is 0 Å².